The number of nitrogens with one attached hydrogen (secondary N) is 1. The van der Waals surface area contributed by atoms with Crippen LogP contribution in [0, 0.1) is 0 Å². The minimum atomic E-state index is -1.15. The van der Waals surface area contributed by atoms with Crippen LogP contribution in [0.2, 0.25) is 0 Å². The first-order valence-corrected chi connectivity index (χ1v) is 8.19. The Kier molecular flexibility index (Phi) is 6.08. The zero-order valence-corrected chi connectivity index (χ0v) is 13.9. The van der Waals surface area contributed by atoms with Crippen LogP contribution in [0.15, 0.2) is 47.8 Å². The summed E-state index contributed by atoms with van der Waals surface area (Å²) in [6, 6.07) is 11.7. The van der Waals surface area contributed by atoms with Crippen molar-refractivity contribution in [2.24, 2.45) is 5.73 Å². The molecule has 3 N–H and O–H groups in total. The van der Waals surface area contributed by atoms with E-state index in [1.165, 1.54) is 18.3 Å². The fourth-order valence-electron chi connectivity index (χ4n) is 2.22. The lowest BCUT2D eigenvalue weighted by atomic mass is 10.1. The molecule has 1 aromatic carbocycles. The Morgan fingerprint density at radius 1 is 1.17 bits per heavy atom. The summed E-state index contributed by atoms with van der Waals surface area (Å²) >= 11 is 1.42. The predicted molar refractivity (Wildman–Crippen MR) is 90.0 cm³/mol. The molecule has 0 unspecified atom stereocenters. The van der Waals surface area contributed by atoms with Gasteiger partial charge in [-0.05, 0) is 11.4 Å². The van der Waals surface area contributed by atoms with Crippen molar-refractivity contribution in [3.63, 3.8) is 0 Å². The molecular formula is C17H18N2O4S. The van der Waals surface area contributed by atoms with Crippen LogP contribution >= 0.6 is 11.3 Å². The SMILES string of the molecule is CC(=O)N[C@H](CC(=O)O[C@H](C(N)=O)c1ccccc1)c1cccs1. The van der Waals surface area contributed by atoms with E-state index in [2.05, 4.69) is 5.32 Å². The third-order valence-corrected chi connectivity index (χ3v) is 4.23. The molecule has 0 aliphatic rings. The summed E-state index contributed by atoms with van der Waals surface area (Å²) in [4.78, 5) is 36.0. The summed E-state index contributed by atoms with van der Waals surface area (Å²) in [5.74, 6) is -1.62. The molecule has 0 aliphatic carbocycles. The molecule has 7 heteroatoms. The van der Waals surface area contributed by atoms with Crippen LogP contribution in [0.1, 0.15) is 35.9 Å². The zero-order chi connectivity index (χ0) is 17.5. The maximum Gasteiger partial charge on any atom is 0.309 e. The first-order chi connectivity index (χ1) is 11.5. The highest BCUT2D eigenvalue weighted by atomic mass is 32.1. The third kappa shape index (κ3) is 4.92. The van der Waals surface area contributed by atoms with Gasteiger partial charge in [-0.1, -0.05) is 36.4 Å². The molecule has 2 amide bonds. The molecule has 1 heterocycles. The molecule has 2 rings (SSSR count). The van der Waals surface area contributed by atoms with Gasteiger partial charge >= 0.3 is 5.97 Å². The van der Waals surface area contributed by atoms with Gasteiger partial charge in [0, 0.05) is 17.4 Å². The quantitative estimate of drug-likeness (QED) is 0.750. The van der Waals surface area contributed by atoms with Crippen LogP contribution in [-0.4, -0.2) is 17.8 Å². The highest BCUT2D eigenvalue weighted by Crippen LogP contribution is 2.24. The Balaban J connectivity index is 2.09. The van der Waals surface area contributed by atoms with Crippen LogP contribution in [0.5, 0.6) is 0 Å². The van der Waals surface area contributed by atoms with Crippen molar-refractivity contribution in [2.45, 2.75) is 25.5 Å². The second-order valence-electron chi connectivity index (χ2n) is 5.16. The van der Waals surface area contributed by atoms with E-state index >= 15 is 0 Å². The molecule has 126 valence electrons. The van der Waals surface area contributed by atoms with Crippen molar-refractivity contribution >= 4 is 29.1 Å². The average molecular weight is 346 g/mol. The van der Waals surface area contributed by atoms with Gasteiger partial charge in [-0.15, -0.1) is 11.3 Å². The molecule has 0 saturated heterocycles. The van der Waals surface area contributed by atoms with Gasteiger partial charge in [0.1, 0.15) is 0 Å². The van der Waals surface area contributed by atoms with Gasteiger partial charge in [0.05, 0.1) is 12.5 Å². The molecule has 1 aromatic heterocycles. The molecule has 2 aromatic rings. The Labute approximate surface area is 143 Å². The number of rotatable bonds is 7. The predicted octanol–water partition coefficient (Wildman–Crippen LogP) is 2.09. The lowest BCUT2D eigenvalue weighted by molar-refractivity contribution is -0.156. The molecule has 0 aliphatic heterocycles. The summed E-state index contributed by atoms with van der Waals surface area (Å²) in [7, 11) is 0. The second kappa shape index (κ2) is 8.26. The highest BCUT2D eigenvalue weighted by Gasteiger charge is 2.25. The van der Waals surface area contributed by atoms with Crippen LogP contribution in [0.25, 0.3) is 0 Å². The number of carbonyl (C=O) groups excluding carboxylic acids is 3. The Hall–Kier alpha value is -2.67. The summed E-state index contributed by atoms with van der Waals surface area (Å²) in [5.41, 5.74) is 5.84. The molecule has 0 spiro atoms. The van der Waals surface area contributed by atoms with Gasteiger partial charge in [-0.2, -0.15) is 0 Å². The van der Waals surface area contributed by atoms with Gasteiger partial charge < -0.3 is 15.8 Å². The van der Waals surface area contributed by atoms with Crippen LogP contribution in [0.4, 0.5) is 0 Å². The molecule has 2 atom stereocenters. The lowest BCUT2D eigenvalue weighted by Crippen LogP contribution is -2.30. The van der Waals surface area contributed by atoms with Crippen molar-refractivity contribution < 1.29 is 19.1 Å². The number of esters is 1. The van der Waals surface area contributed by atoms with Gasteiger partial charge in [-0.3, -0.25) is 14.4 Å². The molecule has 24 heavy (non-hydrogen) atoms. The van der Waals surface area contributed by atoms with Crippen molar-refractivity contribution in [3.05, 3.63) is 58.3 Å². The number of benzene rings is 1. The van der Waals surface area contributed by atoms with Crippen molar-refractivity contribution in [2.75, 3.05) is 0 Å². The summed E-state index contributed by atoms with van der Waals surface area (Å²) in [5, 5.41) is 4.56. The van der Waals surface area contributed by atoms with Crippen molar-refractivity contribution in [1.29, 1.82) is 0 Å². The minimum Gasteiger partial charge on any atom is -0.447 e. The number of amides is 2. The number of carbonyl (C=O) groups is 3. The normalized spacial score (nSPS) is 12.9. The number of nitrogens with two attached hydrogens (primary N) is 1. The number of ether oxygens (including phenoxy) is 1. The summed E-state index contributed by atoms with van der Waals surface area (Å²) < 4.78 is 5.25. The van der Waals surface area contributed by atoms with Gasteiger partial charge in [0.25, 0.3) is 5.91 Å². The van der Waals surface area contributed by atoms with Crippen molar-refractivity contribution in [1.82, 2.24) is 5.32 Å². The summed E-state index contributed by atoms with van der Waals surface area (Å²) in [6.07, 6.45) is -1.24. The van der Waals surface area contributed by atoms with E-state index in [9.17, 15) is 14.4 Å². The van der Waals surface area contributed by atoms with Crippen LogP contribution in [0.3, 0.4) is 0 Å². The first kappa shape index (κ1) is 17.7. The van der Waals surface area contributed by atoms with E-state index in [-0.39, 0.29) is 12.3 Å². The van der Waals surface area contributed by atoms with Crippen LogP contribution in [-0.2, 0) is 19.1 Å². The maximum absolute atomic E-state index is 12.2. The van der Waals surface area contributed by atoms with E-state index in [1.807, 2.05) is 17.5 Å². The molecular weight excluding hydrogens is 328 g/mol. The largest absolute Gasteiger partial charge is 0.447 e. The molecule has 0 bridgehead atoms. The fourth-order valence-corrected chi connectivity index (χ4v) is 3.00. The van der Waals surface area contributed by atoms with E-state index in [1.54, 1.807) is 30.3 Å². The van der Waals surface area contributed by atoms with Crippen molar-refractivity contribution in [3.8, 4) is 0 Å². The second-order valence-corrected chi connectivity index (χ2v) is 6.13. The molecule has 0 fully saturated rings. The van der Waals surface area contributed by atoms with Gasteiger partial charge in [-0.25, -0.2) is 0 Å². The number of thiophene rings is 1. The third-order valence-electron chi connectivity index (χ3n) is 3.24. The average Bonchev–Trinajstić information content (AvgIpc) is 3.06. The van der Waals surface area contributed by atoms with Gasteiger partial charge in [0.2, 0.25) is 12.0 Å². The highest BCUT2D eigenvalue weighted by molar-refractivity contribution is 7.10. The lowest BCUT2D eigenvalue weighted by Gasteiger charge is -2.19. The van der Waals surface area contributed by atoms with Gasteiger partial charge in [0.15, 0.2) is 0 Å². The zero-order valence-electron chi connectivity index (χ0n) is 13.1. The first-order valence-electron chi connectivity index (χ1n) is 7.31. The Morgan fingerprint density at radius 3 is 2.42 bits per heavy atom. The number of hydrogen-bond acceptors (Lipinski definition) is 5. The number of primary amides is 1. The monoisotopic (exact) mass is 346 g/mol. The minimum absolute atomic E-state index is 0.0866. The molecule has 0 saturated carbocycles. The maximum atomic E-state index is 12.2. The van der Waals surface area contributed by atoms with E-state index < -0.39 is 24.0 Å². The Bertz CT molecular complexity index is 701. The fraction of sp³-hybridized carbons (Fsp3) is 0.235. The van der Waals surface area contributed by atoms with E-state index in [4.69, 9.17) is 10.5 Å². The topological polar surface area (TPSA) is 98.5 Å². The smallest absolute Gasteiger partial charge is 0.309 e. The number of hydrogen-bond donors (Lipinski definition) is 2. The van der Waals surface area contributed by atoms with E-state index in [0.29, 0.717) is 5.56 Å². The Morgan fingerprint density at radius 2 is 1.88 bits per heavy atom. The molecule has 6 nitrogen and oxygen atoms in total. The van der Waals surface area contributed by atoms with Crippen LogP contribution < -0.4 is 11.1 Å². The summed E-state index contributed by atoms with van der Waals surface area (Å²) in [6.45, 7) is 1.38. The molecule has 0 radical (unpaired) electrons. The standard InChI is InChI=1S/C17H18N2O4S/c1-11(20)19-13(14-8-5-9-24-14)10-15(21)23-16(17(18)22)12-6-3-2-4-7-12/h2-9,13,16H,10H2,1H3,(H2,18,22)(H,19,20)/t13-,16+/m1/s1. The van der Waals surface area contributed by atoms with E-state index in [0.717, 1.165) is 4.88 Å².